The van der Waals surface area contributed by atoms with E-state index < -0.39 is 52.9 Å². The number of fused-ring (bicyclic) bond motifs is 1. The first-order valence-corrected chi connectivity index (χ1v) is 21.7. The van der Waals surface area contributed by atoms with E-state index in [0.29, 0.717) is 15.9 Å². The molecule has 0 bridgehead atoms. The maximum absolute atomic E-state index is 13.3. The quantitative estimate of drug-likeness (QED) is 0.231. The van der Waals surface area contributed by atoms with E-state index >= 15 is 0 Å². The molecule has 1 aliphatic heterocycles. The van der Waals surface area contributed by atoms with Crippen LogP contribution in [0.3, 0.4) is 0 Å². The molecule has 1 amide bonds. The van der Waals surface area contributed by atoms with Gasteiger partial charge in [0, 0.05) is 6.54 Å². The third-order valence-electron chi connectivity index (χ3n) is 8.90. The summed E-state index contributed by atoms with van der Waals surface area (Å²) in [6, 6.07) is 0. The lowest BCUT2D eigenvalue weighted by Crippen LogP contribution is -2.55. The summed E-state index contributed by atoms with van der Waals surface area (Å²) in [7, 11) is -4.83. The monoisotopic (exact) mass is 716 g/mol. The first-order chi connectivity index (χ1) is 19.9. The van der Waals surface area contributed by atoms with Gasteiger partial charge in [-0.15, -0.1) is 0 Å². The Balaban J connectivity index is 2.22. The van der Waals surface area contributed by atoms with Crippen molar-refractivity contribution in [3.63, 3.8) is 0 Å². The third-order valence-corrected chi connectivity index (χ3v) is 18.4. The maximum Gasteiger partial charge on any atom is 0.410 e. The van der Waals surface area contributed by atoms with Gasteiger partial charge in [-0.3, -0.25) is 4.57 Å². The summed E-state index contributed by atoms with van der Waals surface area (Å²) in [5.74, 6) is 0.249. The lowest BCUT2D eigenvalue weighted by atomic mass is 10.1. The number of aromatic nitrogens is 4. The molecule has 2 aromatic heterocycles. The van der Waals surface area contributed by atoms with Gasteiger partial charge in [0.25, 0.3) is 0 Å². The van der Waals surface area contributed by atoms with Gasteiger partial charge >= 0.3 is 6.09 Å². The Labute approximate surface area is 272 Å². The molecular weight excluding hydrogens is 664 g/mol. The number of ether oxygens (including phenoxy) is 2. The van der Waals surface area contributed by atoms with E-state index in [4.69, 9.17) is 24.1 Å². The van der Waals surface area contributed by atoms with Crippen LogP contribution in [0.4, 0.5) is 10.6 Å². The van der Waals surface area contributed by atoms with Crippen molar-refractivity contribution in [2.75, 3.05) is 25.4 Å². The Hall–Kier alpha value is -1.63. The number of imidazole rings is 1. The van der Waals surface area contributed by atoms with E-state index in [2.05, 4.69) is 98.6 Å². The van der Waals surface area contributed by atoms with Crippen LogP contribution in [0, 0.1) is 0 Å². The van der Waals surface area contributed by atoms with Crippen LogP contribution >= 0.6 is 15.9 Å². The summed E-state index contributed by atoms with van der Waals surface area (Å²) in [6.45, 7) is 27.3. The number of nitrogens with zero attached hydrogens (tertiary/aromatic N) is 5. The highest BCUT2D eigenvalue weighted by Crippen LogP contribution is 2.47. The van der Waals surface area contributed by atoms with Gasteiger partial charge in [0.2, 0.25) is 0 Å². The normalized spacial score (nSPS) is 22.1. The topological polar surface area (TPSA) is 147 Å². The van der Waals surface area contributed by atoms with Crippen LogP contribution in [0.25, 0.3) is 11.2 Å². The Kier molecular flexibility index (Phi) is 10.8. The number of hydrogen-bond donors (Lipinski definition) is 2. The van der Waals surface area contributed by atoms with Crippen LogP contribution in [-0.4, -0.2) is 95.9 Å². The lowest BCUT2D eigenvalue weighted by molar-refractivity contribution is -0.0474. The molecule has 12 nitrogen and oxygen atoms in total. The van der Waals surface area contributed by atoms with Crippen molar-refractivity contribution in [2.45, 2.75) is 129 Å². The van der Waals surface area contributed by atoms with E-state index in [1.54, 1.807) is 0 Å². The van der Waals surface area contributed by atoms with Crippen molar-refractivity contribution in [3.8, 4) is 0 Å². The number of aliphatic hydroxyl groups excluding tert-OH is 1. The summed E-state index contributed by atoms with van der Waals surface area (Å²) in [4.78, 5) is 28.1. The molecule has 1 saturated heterocycles. The molecule has 0 aromatic carbocycles. The van der Waals surface area contributed by atoms with Crippen LogP contribution in [0.2, 0.25) is 36.3 Å². The summed E-state index contributed by atoms with van der Waals surface area (Å²) in [6.07, 6.45) is -1.66. The number of nitrogen functional groups attached to an aromatic ring is 1. The smallest absolute Gasteiger partial charge is 0.410 e. The molecule has 1 fully saturated rings. The maximum atomic E-state index is 13.3. The summed E-state index contributed by atoms with van der Waals surface area (Å²) >= 11 is 3.62. The molecule has 0 aliphatic carbocycles. The molecule has 15 heteroatoms. The number of carbonyl (C=O) groups excluding carboxylic acids is 1. The average molecular weight is 718 g/mol. The molecule has 1 unspecified atom stereocenters. The van der Waals surface area contributed by atoms with Gasteiger partial charge in [-0.05, 0) is 73.0 Å². The second-order valence-electron chi connectivity index (χ2n) is 15.6. The number of anilines is 1. The molecule has 2 aromatic rings. The molecule has 0 saturated carbocycles. The number of hydrogen-bond acceptors (Lipinski definition) is 10. The Morgan fingerprint density at radius 2 is 1.57 bits per heavy atom. The Morgan fingerprint density at radius 1 is 1.02 bits per heavy atom. The molecule has 0 radical (unpaired) electrons. The minimum atomic E-state index is -2.42. The fourth-order valence-electron chi connectivity index (χ4n) is 4.41. The fourth-order valence-corrected chi connectivity index (χ4v) is 7.56. The first-order valence-electron chi connectivity index (χ1n) is 15.1. The van der Waals surface area contributed by atoms with Gasteiger partial charge in [0.15, 0.2) is 44.6 Å². The molecule has 3 N–H and O–H groups in total. The Morgan fingerprint density at radius 3 is 2.07 bits per heavy atom. The van der Waals surface area contributed by atoms with Gasteiger partial charge < -0.3 is 34.1 Å². The molecule has 3 rings (SSSR count). The van der Waals surface area contributed by atoms with Crippen molar-refractivity contribution < 1.29 is 28.2 Å². The van der Waals surface area contributed by atoms with Crippen LogP contribution in [-0.2, 0) is 18.3 Å². The van der Waals surface area contributed by atoms with Gasteiger partial charge in [0.05, 0.1) is 13.2 Å². The predicted octanol–water partition coefficient (Wildman–Crippen LogP) is 6.08. The molecular formula is C29H53BrN6O6Si2. The van der Waals surface area contributed by atoms with E-state index in [1.165, 1.54) is 11.2 Å². The van der Waals surface area contributed by atoms with Crippen molar-refractivity contribution in [1.82, 2.24) is 24.4 Å². The van der Waals surface area contributed by atoms with Crippen LogP contribution in [0.5, 0.6) is 0 Å². The zero-order valence-corrected chi connectivity index (χ0v) is 32.3. The zero-order chi connectivity index (χ0) is 33.6. The second kappa shape index (κ2) is 12.9. The van der Waals surface area contributed by atoms with E-state index in [-0.39, 0.29) is 35.6 Å². The first kappa shape index (κ1) is 36.8. The molecule has 4 atom stereocenters. The molecule has 250 valence electrons. The second-order valence-corrected chi connectivity index (χ2v) is 25.8. The summed E-state index contributed by atoms with van der Waals surface area (Å²) in [5.41, 5.74) is 6.40. The standard InChI is InChI=1S/C29H53BrN6O6Si2/c1-27(2,3)40-26(38)35(14-15-37)16-18-20(41-43(10,11)28(4,5)6)21(42-44(12,13)29(7,8)9)24(39-18)36-23-19(34-25(36)30)22(31)32-17-33-23/h17-18,20-21,24,37H,14-16H2,1-13H3,(H2,31,32,33)/t18-,20+,21?,24-/m1/s1. The molecule has 44 heavy (non-hydrogen) atoms. The highest BCUT2D eigenvalue weighted by Gasteiger charge is 2.55. The largest absolute Gasteiger partial charge is 0.444 e. The van der Waals surface area contributed by atoms with Gasteiger partial charge in [-0.2, -0.15) is 0 Å². The van der Waals surface area contributed by atoms with Crippen molar-refractivity contribution >= 4 is 55.6 Å². The molecule has 3 heterocycles. The molecule has 0 spiro atoms. The number of rotatable bonds is 9. The van der Waals surface area contributed by atoms with E-state index in [9.17, 15) is 9.90 Å². The number of amides is 1. The fraction of sp³-hybridized carbons (Fsp3) is 0.793. The number of nitrogens with two attached hydrogens (primary N) is 1. The van der Waals surface area contributed by atoms with Crippen molar-refractivity contribution in [2.24, 2.45) is 0 Å². The Bertz CT molecular complexity index is 1320. The minimum absolute atomic E-state index is 0.0709. The van der Waals surface area contributed by atoms with Crippen LogP contribution < -0.4 is 5.73 Å². The SMILES string of the molecule is CC(C)(C)OC(=O)N(CCO)C[C@H]1O[C@@H](n2c(Br)nc3c(N)ncnc32)C(O[Si](C)(C)C(C)(C)C)[C@H]1O[Si](C)(C)C(C)(C)C. The van der Waals surface area contributed by atoms with Crippen LogP contribution in [0.1, 0.15) is 68.5 Å². The average Bonchev–Trinajstić information content (AvgIpc) is 3.33. The minimum Gasteiger partial charge on any atom is -0.444 e. The zero-order valence-electron chi connectivity index (χ0n) is 28.7. The number of halogens is 1. The van der Waals surface area contributed by atoms with Crippen molar-refractivity contribution in [1.29, 1.82) is 0 Å². The summed E-state index contributed by atoms with van der Waals surface area (Å²) < 4.78 is 29.3. The molecule has 1 aliphatic rings. The lowest BCUT2D eigenvalue weighted by Gasteiger charge is -2.44. The third kappa shape index (κ3) is 8.01. The highest BCUT2D eigenvalue weighted by molar-refractivity contribution is 9.10. The van der Waals surface area contributed by atoms with Gasteiger partial charge in [0.1, 0.15) is 30.2 Å². The predicted molar refractivity (Wildman–Crippen MR) is 180 cm³/mol. The highest BCUT2D eigenvalue weighted by atomic mass is 79.9. The van der Waals surface area contributed by atoms with Gasteiger partial charge in [-0.25, -0.2) is 19.7 Å². The van der Waals surface area contributed by atoms with E-state index in [0.717, 1.165) is 0 Å². The van der Waals surface area contributed by atoms with Crippen molar-refractivity contribution in [3.05, 3.63) is 11.1 Å². The summed E-state index contributed by atoms with van der Waals surface area (Å²) in [5, 5.41) is 9.69. The van der Waals surface area contributed by atoms with Crippen LogP contribution in [0.15, 0.2) is 11.1 Å². The van der Waals surface area contributed by atoms with Gasteiger partial charge in [-0.1, -0.05) is 41.5 Å². The number of aliphatic hydroxyl groups is 1. The number of carbonyl (C=O) groups is 1. The van der Waals surface area contributed by atoms with E-state index in [1.807, 2.05) is 25.3 Å².